The Morgan fingerprint density at radius 3 is 1.46 bits per heavy atom. The summed E-state index contributed by atoms with van der Waals surface area (Å²) in [7, 11) is -2.94. The van der Waals surface area contributed by atoms with E-state index in [-0.39, 0.29) is 5.41 Å². The van der Waals surface area contributed by atoms with Crippen LogP contribution in [0.1, 0.15) is 23.6 Å². The van der Waals surface area contributed by atoms with E-state index in [0.717, 1.165) is 28.2 Å². The molecule has 358 valence electrons. The summed E-state index contributed by atoms with van der Waals surface area (Å²) in [5.74, 6) is 0. The lowest BCUT2D eigenvalue weighted by Crippen LogP contribution is -2.72. The van der Waals surface area contributed by atoms with Crippen molar-refractivity contribution in [3.05, 3.63) is 320 Å². The van der Waals surface area contributed by atoms with E-state index in [1.165, 1.54) is 93.1 Å². The van der Waals surface area contributed by atoms with Crippen LogP contribution in [0.25, 0.3) is 66.8 Å². The molecular weight excluding hydrogens is 931 g/mol. The van der Waals surface area contributed by atoms with Gasteiger partial charge in [0.1, 0.15) is 0 Å². The van der Waals surface area contributed by atoms with E-state index in [1.807, 2.05) is 0 Å². The van der Waals surface area contributed by atoms with Gasteiger partial charge in [-0.05, 0) is 160 Å². The first-order valence-electron chi connectivity index (χ1n) is 26.5. The minimum absolute atomic E-state index is 0.283. The normalized spacial score (nSPS) is 15.8. The Morgan fingerprint density at radius 2 is 0.776 bits per heavy atom. The molecule has 12 aromatic carbocycles. The van der Waals surface area contributed by atoms with Crippen molar-refractivity contribution >= 4 is 45.9 Å². The first-order valence-corrected chi connectivity index (χ1v) is 28.5. The molecule has 0 fully saturated rings. The largest absolute Gasteiger partial charge is 0.310 e. The van der Waals surface area contributed by atoms with Gasteiger partial charge in [0.15, 0.2) is 8.07 Å². The second-order valence-corrected chi connectivity index (χ2v) is 24.2. The van der Waals surface area contributed by atoms with Crippen LogP contribution in [0, 0.1) is 0 Å². The summed E-state index contributed by atoms with van der Waals surface area (Å²) >= 11 is 0. The van der Waals surface area contributed by atoms with E-state index in [9.17, 15) is 0 Å². The second kappa shape index (κ2) is 18.5. The van der Waals surface area contributed by atoms with Gasteiger partial charge < -0.3 is 4.90 Å². The molecule has 2 atom stereocenters. The van der Waals surface area contributed by atoms with E-state index in [2.05, 4.69) is 315 Å². The minimum Gasteiger partial charge on any atom is -0.310 e. The molecule has 0 N–H and O–H groups in total. The number of fused-ring (bicyclic) bond motifs is 6. The fraction of sp³-hybridized carbons (Fsp3) is 0.0270. The molecule has 0 spiro atoms. The molecule has 14 rings (SSSR count). The minimum atomic E-state index is -2.94. The predicted octanol–water partition coefficient (Wildman–Crippen LogP) is 16.5. The van der Waals surface area contributed by atoms with Crippen LogP contribution in [-0.4, -0.2) is 8.07 Å². The summed E-state index contributed by atoms with van der Waals surface area (Å²) in [4.78, 5) is 2.49. The summed E-state index contributed by atoms with van der Waals surface area (Å²) in [6, 6.07) is 113. The van der Waals surface area contributed by atoms with Gasteiger partial charge in [-0.3, -0.25) is 0 Å². The van der Waals surface area contributed by atoms with Gasteiger partial charge in [0.05, 0.1) is 0 Å². The average Bonchev–Trinajstić information content (AvgIpc) is 4.14. The van der Waals surface area contributed by atoms with Crippen molar-refractivity contribution in [2.45, 2.75) is 12.3 Å². The number of nitrogens with zero attached hydrogens (tertiary/aromatic N) is 1. The average molecular weight is 984 g/mol. The van der Waals surface area contributed by atoms with Crippen molar-refractivity contribution in [2.75, 3.05) is 4.90 Å². The molecule has 2 aliphatic rings. The molecule has 0 radical (unpaired) electrons. The van der Waals surface area contributed by atoms with Crippen molar-refractivity contribution in [3.63, 3.8) is 0 Å². The van der Waals surface area contributed by atoms with E-state index in [0.29, 0.717) is 0 Å². The third kappa shape index (κ3) is 7.28. The maximum absolute atomic E-state index is 2.94. The van der Waals surface area contributed by atoms with Gasteiger partial charge in [-0.15, -0.1) is 0 Å². The summed E-state index contributed by atoms with van der Waals surface area (Å²) in [6.45, 7) is 2.40. The number of benzene rings is 12. The Balaban J connectivity index is 0.971. The van der Waals surface area contributed by atoms with Crippen molar-refractivity contribution in [3.8, 4) is 66.8 Å². The number of rotatable bonds is 10. The Bertz CT molecular complexity index is 4040. The lowest BCUT2D eigenvalue weighted by Gasteiger charge is -2.33. The lowest BCUT2D eigenvalue weighted by molar-refractivity contribution is 0.714. The molecule has 0 amide bonds. The third-order valence-electron chi connectivity index (χ3n) is 16.4. The molecule has 0 bridgehead atoms. The van der Waals surface area contributed by atoms with Crippen LogP contribution in [0.5, 0.6) is 0 Å². The van der Waals surface area contributed by atoms with Gasteiger partial charge in [-0.25, -0.2) is 0 Å². The fourth-order valence-electron chi connectivity index (χ4n) is 12.9. The number of anilines is 3. The Morgan fingerprint density at radius 1 is 0.276 bits per heavy atom. The smallest absolute Gasteiger partial charge is 0.180 e. The molecule has 1 nitrogen and oxygen atoms in total. The first-order chi connectivity index (χ1) is 37.6. The molecule has 12 aromatic rings. The third-order valence-corrected chi connectivity index (χ3v) is 21.3. The topological polar surface area (TPSA) is 3.24 Å². The molecule has 0 saturated heterocycles. The number of hydrogen-bond donors (Lipinski definition) is 0. The van der Waals surface area contributed by atoms with Gasteiger partial charge in [0.2, 0.25) is 0 Å². The zero-order valence-corrected chi connectivity index (χ0v) is 43.3. The molecule has 0 aromatic heterocycles. The molecule has 2 unspecified atom stereocenters. The summed E-state index contributed by atoms with van der Waals surface area (Å²) in [5, 5.41) is 5.56. The highest BCUT2D eigenvalue weighted by atomic mass is 28.3. The molecule has 1 heterocycles. The standard InChI is InChI=1S/C74H53NSi/c1-74(59-29-13-5-14-30-59)69-38-19-17-35-66(69)67-46-43-56(50-70(67)74)54-41-44-60(45-42-54)75(62-48-57(52-23-7-2-8-24-52)47-58(49-62)53-25-9-3-10-26-53)61-31-21-34-64(51-61)76(63-32-15-6-16-33-63)71-39-20-18-36-68(71)73-65(37-22-40-72(73)76)55-27-11-4-12-28-55/h2-51H,1H3. The highest BCUT2D eigenvalue weighted by Gasteiger charge is 2.49. The summed E-state index contributed by atoms with van der Waals surface area (Å²) in [5.41, 5.74) is 21.9. The van der Waals surface area contributed by atoms with Crippen LogP contribution < -0.4 is 25.6 Å². The molecule has 2 heteroatoms. The maximum Gasteiger partial charge on any atom is 0.180 e. The summed E-state index contributed by atoms with van der Waals surface area (Å²) < 4.78 is 0. The van der Waals surface area contributed by atoms with Crippen molar-refractivity contribution in [1.29, 1.82) is 0 Å². The Labute approximate surface area is 447 Å². The molecule has 0 saturated carbocycles. The van der Waals surface area contributed by atoms with E-state index < -0.39 is 8.07 Å². The van der Waals surface area contributed by atoms with Crippen LogP contribution in [0.15, 0.2) is 303 Å². The Kier molecular flexibility index (Phi) is 11.1. The SMILES string of the molecule is CC1(c2ccccc2)c2ccccc2-c2ccc(-c3ccc(N(c4cc(-c5ccccc5)cc(-c5ccccc5)c4)c4cccc([Si]5(c6ccccc6)c6ccccc6-c6c(-c7ccccc7)cccc65)c4)cc3)cc21. The quantitative estimate of drug-likeness (QED) is 0.123. The maximum atomic E-state index is 2.52. The molecule has 1 aliphatic carbocycles. The predicted molar refractivity (Wildman–Crippen MR) is 323 cm³/mol. The van der Waals surface area contributed by atoms with E-state index in [4.69, 9.17) is 0 Å². The van der Waals surface area contributed by atoms with Crippen molar-refractivity contribution < 1.29 is 0 Å². The highest BCUT2D eigenvalue weighted by Crippen LogP contribution is 2.53. The zero-order chi connectivity index (χ0) is 50.6. The monoisotopic (exact) mass is 983 g/mol. The van der Waals surface area contributed by atoms with Crippen LogP contribution >= 0.6 is 0 Å². The zero-order valence-electron chi connectivity index (χ0n) is 42.3. The van der Waals surface area contributed by atoms with Gasteiger partial charge in [0.25, 0.3) is 0 Å². The summed E-state index contributed by atoms with van der Waals surface area (Å²) in [6.07, 6.45) is 0. The van der Waals surface area contributed by atoms with Crippen LogP contribution in [0.2, 0.25) is 0 Å². The van der Waals surface area contributed by atoms with Crippen molar-refractivity contribution in [1.82, 2.24) is 0 Å². The van der Waals surface area contributed by atoms with Gasteiger partial charge in [-0.1, -0.05) is 255 Å². The van der Waals surface area contributed by atoms with Gasteiger partial charge >= 0.3 is 0 Å². The van der Waals surface area contributed by atoms with Crippen LogP contribution in [0.3, 0.4) is 0 Å². The van der Waals surface area contributed by atoms with Crippen LogP contribution in [-0.2, 0) is 5.41 Å². The van der Waals surface area contributed by atoms with Gasteiger partial charge in [-0.2, -0.15) is 0 Å². The molecule has 76 heavy (non-hydrogen) atoms. The highest BCUT2D eigenvalue weighted by molar-refractivity contribution is 7.22. The molecule has 1 aliphatic heterocycles. The number of hydrogen-bond acceptors (Lipinski definition) is 1. The van der Waals surface area contributed by atoms with E-state index in [1.54, 1.807) is 0 Å². The fourth-order valence-corrected chi connectivity index (χ4v) is 18.1. The first kappa shape index (κ1) is 45.3. The van der Waals surface area contributed by atoms with Crippen molar-refractivity contribution in [2.24, 2.45) is 0 Å². The molecular formula is C74H53NSi. The Hall–Kier alpha value is -9.34. The van der Waals surface area contributed by atoms with Crippen LogP contribution in [0.4, 0.5) is 17.1 Å². The second-order valence-electron chi connectivity index (χ2n) is 20.5. The van der Waals surface area contributed by atoms with Gasteiger partial charge in [0, 0.05) is 22.5 Å². The van der Waals surface area contributed by atoms with E-state index >= 15 is 0 Å². The lowest BCUT2D eigenvalue weighted by atomic mass is 9.74.